The van der Waals surface area contributed by atoms with Crippen molar-refractivity contribution >= 4 is 17.5 Å². The quantitative estimate of drug-likeness (QED) is 0.845. The van der Waals surface area contributed by atoms with Gasteiger partial charge < -0.3 is 15.4 Å². The van der Waals surface area contributed by atoms with E-state index in [-0.39, 0.29) is 11.9 Å². The molecule has 0 aromatic heterocycles. The zero-order valence-electron chi connectivity index (χ0n) is 13.4. The van der Waals surface area contributed by atoms with Crippen molar-refractivity contribution in [2.24, 2.45) is 0 Å². The van der Waals surface area contributed by atoms with Crippen LogP contribution in [0.3, 0.4) is 0 Å². The summed E-state index contributed by atoms with van der Waals surface area (Å²) in [5, 5.41) is 6.90. The van der Waals surface area contributed by atoms with E-state index in [1.165, 1.54) is 0 Å². The van der Waals surface area contributed by atoms with Gasteiger partial charge in [0.25, 0.3) is 0 Å². The number of amides is 1. The molecule has 1 aliphatic heterocycles. The van der Waals surface area contributed by atoms with Crippen LogP contribution in [0.5, 0.6) is 5.75 Å². The Morgan fingerprint density at radius 2 is 1.96 bits per heavy atom. The van der Waals surface area contributed by atoms with Crippen molar-refractivity contribution in [2.45, 2.75) is 32.0 Å². The Labute approximate surface area is 147 Å². The van der Waals surface area contributed by atoms with Gasteiger partial charge in [-0.25, -0.2) is 0 Å². The molecule has 3 rings (SSSR count). The summed E-state index contributed by atoms with van der Waals surface area (Å²) in [4.78, 5) is 11.7. The molecule has 0 bridgehead atoms. The van der Waals surface area contributed by atoms with Crippen LogP contribution >= 0.6 is 11.6 Å². The first-order valence-electron chi connectivity index (χ1n) is 8.18. The smallest absolute Gasteiger partial charge is 0.237 e. The molecule has 0 spiro atoms. The second-order valence-corrected chi connectivity index (χ2v) is 6.30. The highest BCUT2D eigenvalue weighted by Gasteiger charge is 2.20. The molecule has 5 heteroatoms. The normalized spacial score (nSPS) is 17.4. The Kier molecular flexibility index (Phi) is 5.72. The highest BCUT2D eigenvalue weighted by atomic mass is 35.5. The van der Waals surface area contributed by atoms with Gasteiger partial charge >= 0.3 is 0 Å². The summed E-state index contributed by atoms with van der Waals surface area (Å²) in [7, 11) is 0. The molecule has 0 aliphatic carbocycles. The van der Waals surface area contributed by atoms with E-state index in [9.17, 15) is 4.79 Å². The Balaban J connectivity index is 1.50. The van der Waals surface area contributed by atoms with Crippen molar-refractivity contribution in [1.29, 1.82) is 0 Å². The summed E-state index contributed by atoms with van der Waals surface area (Å²) in [6.07, 6.45) is 1.92. The molecule has 1 aliphatic rings. The first-order chi connectivity index (χ1) is 11.7. The van der Waals surface area contributed by atoms with Gasteiger partial charge in [0.15, 0.2) is 0 Å². The molecule has 1 heterocycles. The molecule has 0 radical (unpaired) electrons. The molecule has 1 unspecified atom stereocenters. The summed E-state index contributed by atoms with van der Waals surface area (Å²) in [5.74, 6) is 0.898. The Morgan fingerprint density at radius 3 is 2.71 bits per heavy atom. The van der Waals surface area contributed by atoms with Crippen LogP contribution in [0.15, 0.2) is 48.5 Å². The van der Waals surface area contributed by atoms with E-state index in [0.29, 0.717) is 18.2 Å². The minimum atomic E-state index is -0.0881. The third-order valence-electron chi connectivity index (χ3n) is 4.11. The summed E-state index contributed by atoms with van der Waals surface area (Å²) >= 11 is 6.12. The van der Waals surface area contributed by atoms with Gasteiger partial charge in [0.05, 0.1) is 6.04 Å². The van der Waals surface area contributed by atoms with Crippen LogP contribution in [0, 0.1) is 0 Å². The summed E-state index contributed by atoms with van der Waals surface area (Å²) in [6, 6.07) is 15.5. The van der Waals surface area contributed by atoms with Crippen LogP contribution in [-0.4, -0.2) is 18.5 Å². The number of piperidine rings is 1. The fourth-order valence-corrected chi connectivity index (χ4v) is 2.88. The van der Waals surface area contributed by atoms with E-state index in [4.69, 9.17) is 16.3 Å². The van der Waals surface area contributed by atoms with Gasteiger partial charge in [-0.1, -0.05) is 41.9 Å². The lowest BCUT2D eigenvalue weighted by atomic mass is 10.1. The Morgan fingerprint density at radius 1 is 1.17 bits per heavy atom. The summed E-state index contributed by atoms with van der Waals surface area (Å²) < 4.78 is 5.77. The predicted molar refractivity (Wildman–Crippen MR) is 95.1 cm³/mol. The maximum absolute atomic E-state index is 11.7. The zero-order chi connectivity index (χ0) is 16.8. The number of nitrogens with one attached hydrogen (secondary N) is 2. The fraction of sp³-hybridized carbons (Fsp3) is 0.316. The molecule has 1 atom stereocenters. The number of rotatable bonds is 6. The Hall–Kier alpha value is -2.04. The second kappa shape index (κ2) is 8.18. The molecular formula is C19H21ClN2O2. The average molecular weight is 345 g/mol. The van der Waals surface area contributed by atoms with Crippen molar-refractivity contribution in [2.75, 3.05) is 6.54 Å². The van der Waals surface area contributed by atoms with Gasteiger partial charge in [-0.2, -0.15) is 0 Å². The number of carbonyl (C=O) groups excluding carboxylic acids is 1. The van der Waals surface area contributed by atoms with Crippen molar-refractivity contribution in [3.05, 3.63) is 64.7 Å². The van der Waals surface area contributed by atoms with Crippen molar-refractivity contribution in [1.82, 2.24) is 10.6 Å². The highest BCUT2D eigenvalue weighted by molar-refractivity contribution is 6.31. The van der Waals surface area contributed by atoms with Crippen molar-refractivity contribution < 1.29 is 9.53 Å². The van der Waals surface area contributed by atoms with Crippen LogP contribution in [-0.2, 0) is 17.9 Å². The summed E-state index contributed by atoms with van der Waals surface area (Å²) in [5.41, 5.74) is 2.09. The average Bonchev–Trinajstić information content (AvgIpc) is 2.61. The molecule has 0 saturated carbocycles. The van der Waals surface area contributed by atoms with Crippen LogP contribution in [0.1, 0.15) is 24.0 Å². The van der Waals surface area contributed by atoms with Gasteiger partial charge in [-0.05, 0) is 36.6 Å². The number of ether oxygens (including phenoxy) is 1. The predicted octanol–water partition coefficient (Wildman–Crippen LogP) is 3.29. The van der Waals surface area contributed by atoms with Crippen LogP contribution in [0.4, 0.5) is 0 Å². The lowest BCUT2D eigenvalue weighted by molar-refractivity contribution is -0.124. The molecule has 126 valence electrons. The maximum Gasteiger partial charge on any atom is 0.237 e. The van der Waals surface area contributed by atoms with Gasteiger partial charge in [0.2, 0.25) is 5.91 Å². The first kappa shape index (κ1) is 16.8. The van der Waals surface area contributed by atoms with Crippen molar-refractivity contribution in [3.8, 4) is 5.75 Å². The van der Waals surface area contributed by atoms with E-state index in [1.807, 2.05) is 48.5 Å². The standard InChI is InChI=1S/C19H21ClN2O2/c20-17-5-2-1-4-15(17)13-24-16-9-7-14(8-10-16)12-22-18-6-3-11-21-19(18)23/h1-2,4-5,7-10,18,22H,3,6,11-13H2,(H,21,23). The highest BCUT2D eigenvalue weighted by Crippen LogP contribution is 2.19. The molecule has 24 heavy (non-hydrogen) atoms. The number of hydrogen-bond donors (Lipinski definition) is 2. The number of carbonyl (C=O) groups is 1. The summed E-state index contributed by atoms with van der Waals surface area (Å²) in [6.45, 7) is 1.90. The van der Waals surface area contributed by atoms with E-state index >= 15 is 0 Å². The van der Waals surface area contributed by atoms with Gasteiger partial charge in [-0.3, -0.25) is 4.79 Å². The van der Waals surface area contributed by atoms with Crippen molar-refractivity contribution in [3.63, 3.8) is 0 Å². The van der Waals surface area contributed by atoms with Gasteiger partial charge in [-0.15, -0.1) is 0 Å². The second-order valence-electron chi connectivity index (χ2n) is 5.89. The molecule has 1 fully saturated rings. The molecule has 4 nitrogen and oxygen atoms in total. The third kappa shape index (κ3) is 4.49. The van der Waals surface area contributed by atoms with Crippen LogP contribution < -0.4 is 15.4 Å². The van der Waals surface area contributed by atoms with Crippen LogP contribution in [0.2, 0.25) is 5.02 Å². The lowest BCUT2D eigenvalue weighted by Crippen LogP contribution is -2.47. The number of hydrogen-bond acceptors (Lipinski definition) is 3. The fourth-order valence-electron chi connectivity index (χ4n) is 2.69. The SMILES string of the molecule is O=C1NCCCC1NCc1ccc(OCc2ccccc2Cl)cc1. The zero-order valence-corrected chi connectivity index (χ0v) is 14.2. The van der Waals surface area contributed by atoms with Gasteiger partial charge in [0.1, 0.15) is 12.4 Å². The third-order valence-corrected chi connectivity index (χ3v) is 4.48. The minimum Gasteiger partial charge on any atom is -0.489 e. The number of benzene rings is 2. The topological polar surface area (TPSA) is 50.4 Å². The van der Waals surface area contributed by atoms with E-state index in [2.05, 4.69) is 10.6 Å². The molecule has 1 amide bonds. The largest absolute Gasteiger partial charge is 0.489 e. The molecule has 2 aromatic rings. The molecule has 2 N–H and O–H groups in total. The Bertz CT molecular complexity index is 688. The molecule has 1 saturated heterocycles. The lowest BCUT2D eigenvalue weighted by Gasteiger charge is -2.22. The van der Waals surface area contributed by atoms with Gasteiger partial charge in [0, 0.05) is 23.7 Å². The van der Waals surface area contributed by atoms with E-state index in [1.54, 1.807) is 0 Å². The number of halogens is 1. The van der Waals surface area contributed by atoms with Crippen LogP contribution in [0.25, 0.3) is 0 Å². The maximum atomic E-state index is 11.7. The molecular weight excluding hydrogens is 324 g/mol. The van der Waals surface area contributed by atoms with E-state index in [0.717, 1.165) is 36.3 Å². The van der Waals surface area contributed by atoms with E-state index < -0.39 is 0 Å². The first-order valence-corrected chi connectivity index (χ1v) is 8.56. The minimum absolute atomic E-state index is 0.0881. The monoisotopic (exact) mass is 344 g/mol. The molecule has 2 aromatic carbocycles.